The molecule has 0 bridgehead atoms. The van der Waals surface area contributed by atoms with Gasteiger partial charge in [-0.1, -0.05) is 12.1 Å². The van der Waals surface area contributed by atoms with Gasteiger partial charge >= 0.3 is 0 Å². The lowest BCUT2D eigenvalue weighted by atomic mass is 10.1. The zero-order chi connectivity index (χ0) is 13.5. The Balaban J connectivity index is 1.68. The van der Waals surface area contributed by atoms with Crippen LogP contribution in [-0.2, 0) is 17.7 Å². The van der Waals surface area contributed by atoms with E-state index in [-0.39, 0.29) is 6.61 Å². The minimum atomic E-state index is 0.205. The maximum Gasteiger partial charge on any atom is 0.226 e. The molecule has 6 heteroatoms. The molecule has 0 aromatic carbocycles. The predicted octanol–water partition coefficient (Wildman–Crippen LogP) is 0.995. The van der Waals surface area contributed by atoms with Crippen molar-refractivity contribution in [1.29, 1.82) is 0 Å². The van der Waals surface area contributed by atoms with Crippen LogP contribution in [0, 0.1) is 0 Å². The maximum atomic E-state index is 8.71. The fraction of sp³-hybridized carbons (Fsp3) is 0.846. The SMILES string of the molecule is CCc1nc(CN2CCC(OCCCO)CC2)no1. The molecule has 1 aromatic rings. The van der Waals surface area contributed by atoms with E-state index in [4.69, 9.17) is 14.4 Å². The summed E-state index contributed by atoms with van der Waals surface area (Å²) in [6, 6.07) is 0. The molecule has 1 aliphatic heterocycles. The van der Waals surface area contributed by atoms with E-state index in [0.29, 0.717) is 18.6 Å². The van der Waals surface area contributed by atoms with E-state index in [1.54, 1.807) is 0 Å². The fourth-order valence-corrected chi connectivity index (χ4v) is 2.25. The van der Waals surface area contributed by atoms with Crippen LogP contribution in [0.3, 0.4) is 0 Å². The van der Waals surface area contributed by atoms with Gasteiger partial charge in [-0.2, -0.15) is 4.98 Å². The highest BCUT2D eigenvalue weighted by Gasteiger charge is 2.20. The summed E-state index contributed by atoms with van der Waals surface area (Å²) < 4.78 is 10.8. The largest absolute Gasteiger partial charge is 0.396 e. The van der Waals surface area contributed by atoms with E-state index in [1.165, 1.54) is 0 Å². The van der Waals surface area contributed by atoms with Gasteiger partial charge in [-0.15, -0.1) is 0 Å². The van der Waals surface area contributed by atoms with E-state index in [2.05, 4.69) is 15.0 Å². The molecule has 0 radical (unpaired) electrons. The van der Waals surface area contributed by atoms with Gasteiger partial charge in [0.2, 0.25) is 5.89 Å². The Morgan fingerprint density at radius 3 is 2.84 bits per heavy atom. The topological polar surface area (TPSA) is 71.6 Å². The molecule has 1 fully saturated rings. The first-order chi connectivity index (χ1) is 9.31. The third-order valence-corrected chi connectivity index (χ3v) is 3.37. The lowest BCUT2D eigenvalue weighted by Crippen LogP contribution is -2.37. The van der Waals surface area contributed by atoms with Crippen molar-refractivity contribution in [3.05, 3.63) is 11.7 Å². The van der Waals surface area contributed by atoms with E-state index < -0.39 is 0 Å². The molecule has 0 aliphatic carbocycles. The summed E-state index contributed by atoms with van der Waals surface area (Å²) in [4.78, 5) is 6.65. The highest BCUT2D eigenvalue weighted by atomic mass is 16.5. The van der Waals surface area contributed by atoms with Gasteiger partial charge in [0.1, 0.15) is 0 Å². The Morgan fingerprint density at radius 1 is 1.42 bits per heavy atom. The van der Waals surface area contributed by atoms with Crippen molar-refractivity contribution in [3.63, 3.8) is 0 Å². The average Bonchev–Trinajstić information content (AvgIpc) is 2.89. The molecule has 1 saturated heterocycles. The molecule has 108 valence electrons. The number of likely N-dealkylation sites (tertiary alicyclic amines) is 1. The Labute approximate surface area is 113 Å². The third kappa shape index (κ3) is 4.56. The second-order valence-corrected chi connectivity index (χ2v) is 4.88. The van der Waals surface area contributed by atoms with Crippen LogP contribution in [0.15, 0.2) is 4.52 Å². The number of ether oxygens (including phenoxy) is 1. The molecule has 0 amide bonds. The monoisotopic (exact) mass is 269 g/mol. The van der Waals surface area contributed by atoms with Gasteiger partial charge in [0.05, 0.1) is 12.6 Å². The minimum absolute atomic E-state index is 0.205. The van der Waals surface area contributed by atoms with Crippen molar-refractivity contribution in [3.8, 4) is 0 Å². The molecule has 1 aromatic heterocycles. The summed E-state index contributed by atoms with van der Waals surface area (Å²) in [6.45, 7) is 5.63. The van der Waals surface area contributed by atoms with Crippen LogP contribution in [0.25, 0.3) is 0 Å². The van der Waals surface area contributed by atoms with Crippen LogP contribution in [0.4, 0.5) is 0 Å². The molecule has 2 heterocycles. The summed E-state index contributed by atoms with van der Waals surface area (Å²) in [7, 11) is 0. The van der Waals surface area contributed by atoms with E-state index in [9.17, 15) is 0 Å². The number of aliphatic hydroxyl groups is 1. The molecule has 0 unspecified atom stereocenters. The maximum absolute atomic E-state index is 8.71. The average molecular weight is 269 g/mol. The second kappa shape index (κ2) is 7.57. The fourth-order valence-electron chi connectivity index (χ4n) is 2.25. The number of piperidine rings is 1. The summed E-state index contributed by atoms with van der Waals surface area (Å²) in [5.74, 6) is 1.48. The first-order valence-corrected chi connectivity index (χ1v) is 7.08. The van der Waals surface area contributed by atoms with Gasteiger partial charge < -0.3 is 14.4 Å². The van der Waals surface area contributed by atoms with Crippen LogP contribution in [0.5, 0.6) is 0 Å². The highest BCUT2D eigenvalue weighted by Crippen LogP contribution is 2.15. The van der Waals surface area contributed by atoms with Crippen LogP contribution in [0.1, 0.15) is 37.9 Å². The van der Waals surface area contributed by atoms with Crippen molar-refractivity contribution >= 4 is 0 Å². The van der Waals surface area contributed by atoms with Crippen LogP contribution >= 0.6 is 0 Å². The number of nitrogens with zero attached hydrogens (tertiary/aromatic N) is 3. The Kier molecular flexibility index (Phi) is 5.75. The van der Waals surface area contributed by atoms with Gasteiger partial charge in [0.15, 0.2) is 5.82 Å². The van der Waals surface area contributed by atoms with Gasteiger partial charge in [0.25, 0.3) is 0 Å². The second-order valence-electron chi connectivity index (χ2n) is 4.88. The summed E-state index contributed by atoms with van der Waals surface area (Å²) >= 11 is 0. The van der Waals surface area contributed by atoms with E-state index in [1.807, 2.05) is 6.92 Å². The highest BCUT2D eigenvalue weighted by molar-refractivity contribution is 4.87. The number of hydrogen-bond donors (Lipinski definition) is 1. The Hall–Kier alpha value is -0.980. The zero-order valence-electron chi connectivity index (χ0n) is 11.5. The minimum Gasteiger partial charge on any atom is -0.396 e. The molecule has 0 spiro atoms. The van der Waals surface area contributed by atoms with Crippen molar-refractivity contribution in [2.24, 2.45) is 0 Å². The first kappa shape index (κ1) is 14.4. The number of rotatable bonds is 7. The summed E-state index contributed by atoms with van der Waals surface area (Å²) in [5, 5.41) is 12.7. The Bertz CT molecular complexity index is 362. The first-order valence-electron chi connectivity index (χ1n) is 7.08. The van der Waals surface area contributed by atoms with Crippen LogP contribution in [-0.4, -0.2) is 52.6 Å². The predicted molar refractivity (Wildman–Crippen MR) is 69.6 cm³/mol. The summed E-state index contributed by atoms with van der Waals surface area (Å²) in [6.07, 6.45) is 3.91. The van der Waals surface area contributed by atoms with Crippen molar-refractivity contribution in [1.82, 2.24) is 15.0 Å². The van der Waals surface area contributed by atoms with Gasteiger partial charge in [-0.05, 0) is 19.3 Å². The number of aryl methyl sites for hydroxylation is 1. The smallest absolute Gasteiger partial charge is 0.226 e. The van der Waals surface area contributed by atoms with Crippen molar-refractivity contribution in [2.75, 3.05) is 26.3 Å². The normalized spacial score (nSPS) is 18.0. The lowest BCUT2D eigenvalue weighted by molar-refractivity contribution is 0.000253. The number of hydrogen-bond acceptors (Lipinski definition) is 6. The van der Waals surface area contributed by atoms with Gasteiger partial charge in [-0.3, -0.25) is 4.90 Å². The quantitative estimate of drug-likeness (QED) is 0.744. The molecule has 6 nitrogen and oxygen atoms in total. The number of aromatic nitrogens is 2. The molecule has 0 saturated carbocycles. The lowest BCUT2D eigenvalue weighted by Gasteiger charge is -2.30. The van der Waals surface area contributed by atoms with Crippen LogP contribution in [0.2, 0.25) is 0 Å². The van der Waals surface area contributed by atoms with Crippen molar-refractivity contribution in [2.45, 2.75) is 45.3 Å². The van der Waals surface area contributed by atoms with Crippen LogP contribution < -0.4 is 0 Å². The standard InChI is InChI=1S/C13H23N3O3/c1-2-13-14-12(15-19-13)10-16-6-4-11(5-7-16)18-9-3-8-17/h11,17H,2-10H2,1H3. The molecule has 1 aliphatic rings. The van der Waals surface area contributed by atoms with Crippen molar-refractivity contribution < 1.29 is 14.4 Å². The molecule has 2 rings (SSSR count). The molecular formula is C13H23N3O3. The van der Waals surface area contributed by atoms with Gasteiger partial charge in [-0.25, -0.2) is 0 Å². The molecular weight excluding hydrogens is 246 g/mol. The van der Waals surface area contributed by atoms with E-state index >= 15 is 0 Å². The Morgan fingerprint density at radius 2 is 2.21 bits per heavy atom. The molecule has 1 N–H and O–H groups in total. The summed E-state index contributed by atoms with van der Waals surface area (Å²) in [5.41, 5.74) is 0. The third-order valence-electron chi connectivity index (χ3n) is 3.37. The molecule has 19 heavy (non-hydrogen) atoms. The molecule has 0 atom stereocenters. The van der Waals surface area contributed by atoms with Gasteiger partial charge in [0, 0.05) is 32.7 Å². The van der Waals surface area contributed by atoms with E-state index in [0.717, 1.165) is 51.1 Å². The number of aliphatic hydroxyl groups excluding tert-OH is 1. The zero-order valence-corrected chi connectivity index (χ0v) is 11.5.